The fourth-order valence-corrected chi connectivity index (χ4v) is 3.16. The first-order valence-corrected chi connectivity index (χ1v) is 8.38. The molecule has 1 aliphatic rings. The summed E-state index contributed by atoms with van der Waals surface area (Å²) in [4.78, 5) is 14.5. The van der Waals surface area contributed by atoms with Crippen molar-refractivity contribution < 1.29 is 4.79 Å². The molecule has 3 heteroatoms. The molecule has 23 heavy (non-hydrogen) atoms. The summed E-state index contributed by atoms with van der Waals surface area (Å²) in [6.07, 6.45) is 2.99. The molecule has 0 radical (unpaired) electrons. The Bertz CT molecular complexity index is 654. The molecular formula is C20H24N2O. The molecule has 1 N–H and O–H groups in total. The molecule has 0 spiro atoms. The molecule has 3 nitrogen and oxygen atoms in total. The molecule has 0 aromatic heterocycles. The number of hydrogen-bond acceptors (Lipinski definition) is 2. The molecule has 1 atom stereocenters. The molecule has 1 unspecified atom stereocenters. The summed E-state index contributed by atoms with van der Waals surface area (Å²) < 4.78 is 0. The zero-order chi connectivity index (χ0) is 16.1. The summed E-state index contributed by atoms with van der Waals surface area (Å²) in [5, 5.41) is 3.13. The molecule has 1 heterocycles. The second kappa shape index (κ2) is 7.32. The highest BCUT2D eigenvalue weighted by Gasteiger charge is 2.20. The maximum absolute atomic E-state index is 12.3. The molecular weight excluding hydrogens is 284 g/mol. The van der Waals surface area contributed by atoms with Crippen LogP contribution in [0.1, 0.15) is 24.5 Å². The van der Waals surface area contributed by atoms with Crippen molar-refractivity contribution >= 4 is 11.6 Å². The van der Waals surface area contributed by atoms with E-state index in [4.69, 9.17) is 0 Å². The Balaban J connectivity index is 1.46. The van der Waals surface area contributed by atoms with Crippen LogP contribution in [-0.2, 0) is 17.6 Å². The Kier molecular flexibility index (Phi) is 4.96. The number of anilines is 1. The maximum atomic E-state index is 12.3. The molecule has 0 fully saturated rings. The third-order valence-corrected chi connectivity index (χ3v) is 4.43. The SMILES string of the molecule is CC(CCc1ccccc1)NC(=O)CN1CCc2ccccc21. The Morgan fingerprint density at radius 1 is 1.13 bits per heavy atom. The summed E-state index contributed by atoms with van der Waals surface area (Å²) in [7, 11) is 0. The lowest BCUT2D eigenvalue weighted by molar-refractivity contribution is -0.120. The van der Waals surface area contributed by atoms with Crippen LogP contribution in [0, 0.1) is 0 Å². The van der Waals surface area contributed by atoms with E-state index in [0.29, 0.717) is 6.54 Å². The van der Waals surface area contributed by atoms with Crippen molar-refractivity contribution in [1.82, 2.24) is 5.32 Å². The van der Waals surface area contributed by atoms with Crippen molar-refractivity contribution in [3.8, 4) is 0 Å². The van der Waals surface area contributed by atoms with Gasteiger partial charge in [-0.25, -0.2) is 0 Å². The predicted octanol–water partition coefficient (Wildman–Crippen LogP) is 3.19. The van der Waals surface area contributed by atoms with Crippen LogP contribution >= 0.6 is 0 Å². The van der Waals surface area contributed by atoms with Gasteiger partial charge < -0.3 is 10.2 Å². The second-order valence-corrected chi connectivity index (χ2v) is 6.29. The number of aryl methyl sites for hydroxylation is 1. The first-order valence-electron chi connectivity index (χ1n) is 8.38. The minimum absolute atomic E-state index is 0.113. The van der Waals surface area contributed by atoms with Crippen LogP contribution in [0.3, 0.4) is 0 Å². The van der Waals surface area contributed by atoms with E-state index in [2.05, 4.69) is 59.6 Å². The number of rotatable bonds is 6. The number of hydrogen-bond donors (Lipinski definition) is 1. The van der Waals surface area contributed by atoms with E-state index in [1.54, 1.807) is 0 Å². The number of nitrogens with one attached hydrogen (secondary N) is 1. The van der Waals surface area contributed by atoms with E-state index in [9.17, 15) is 4.79 Å². The van der Waals surface area contributed by atoms with Crippen LogP contribution in [0.4, 0.5) is 5.69 Å². The first kappa shape index (κ1) is 15.6. The first-order chi connectivity index (χ1) is 11.2. The van der Waals surface area contributed by atoms with Crippen molar-refractivity contribution in [3.63, 3.8) is 0 Å². The van der Waals surface area contributed by atoms with Crippen molar-refractivity contribution in [1.29, 1.82) is 0 Å². The summed E-state index contributed by atoms with van der Waals surface area (Å²) in [5.41, 5.74) is 3.87. The lowest BCUT2D eigenvalue weighted by Crippen LogP contribution is -2.40. The minimum atomic E-state index is 0.113. The van der Waals surface area contributed by atoms with Gasteiger partial charge in [0.15, 0.2) is 0 Å². The Labute approximate surface area is 138 Å². The van der Waals surface area contributed by atoms with Gasteiger partial charge in [-0.1, -0.05) is 48.5 Å². The molecule has 1 aliphatic heterocycles. The van der Waals surface area contributed by atoms with Gasteiger partial charge in [-0.15, -0.1) is 0 Å². The summed E-state index contributed by atoms with van der Waals surface area (Å²) in [6, 6.07) is 19.0. The van der Waals surface area contributed by atoms with Gasteiger partial charge in [-0.05, 0) is 43.4 Å². The summed E-state index contributed by atoms with van der Waals surface area (Å²) >= 11 is 0. The van der Waals surface area contributed by atoms with E-state index in [-0.39, 0.29) is 11.9 Å². The lowest BCUT2D eigenvalue weighted by atomic mass is 10.1. The van der Waals surface area contributed by atoms with E-state index in [1.807, 2.05) is 12.1 Å². The quantitative estimate of drug-likeness (QED) is 0.889. The Morgan fingerprint density at radius 3 is 2.70 bits per heavy atom. The normalized spacial score (nSPS) is 14.4. The third-order valence-electron chi connectivity index (χ3n) is 4.43. The van der Waals surface area contributed by atoms with Gasteiger partial charge in [0.25, 0.3) is 0 Å². The number of para-hydroxylation sites is 1. The molecule has 2 aromatic carbocycles. The highest BCUT2D eigenvalue weighted by Crippen LogP contribution is 2.26. The van der Waals surface area contributed by atoms with Gasteiger partial charge in [0.1, 0.15) is 0 Å². The number of benzene rings is 2. The molecule has 0 aliphatic carbocycles. The third kappa shape index (κ3) is 4.13. The van der Waals surface area contributed by atoms with Gasteiger partial charge in [0.05, 0.1) is 6.54 Å². The topological polar surface area (TPSA) is 32.3 Å². The number of carbonyl (C=O) groups is 1. The number of carbonyl (C=O) groups excluding carboxylic acids is 1. The number of nitrogens with zero attached hydrogens (tertiary/aromatic N) is 1. The van der Waals surface area contributed by atoms with E-state index in [1.165, 1.54) is 16.8 Å². The van der Waals surface area contributed by atoms with Crippen LogP contribution in [0.15, 0.2) is 54.6 Å². The van der Waals surface area contributed by atoms with E-state index in [0.717, 1.165) is 25.8 Å². The largest absolute Gasteiger partial charge is 0.362 e. The van der Waals surface area contributed by atoms with Crippen LogP contribution in [-0.4, -0.2) is 25.0 Å². The van der Waals surface area contributed by atoms with Crippen LogP contribution in [0.5, 0.6) is 0 Å². The molecule has 1 amide bonds. The monoisotopic (exact) mass is 308 g/mol. The zero-order valence-corrected chi connectivity index (χ0v) is 13.7. The van der Waals surface area contributed by atoms with Crippen molar-refractivity contribution in [2.24, 2.45) is 0 Å². The van der Waals surface area contributed by atoms with E-state index < -0.39 is 0 Å². The molecule has 0 bridgehead atoms. The van der Waals surface area contributed by atoms with Gasteiger partial charge in [0.2, 0.25) is 5.91 Å². The highest BCUT2D eigenvalue weighted by atomic mass is 16.2. The summed E-state index contributed by atoms with van der Waals surface area (Å²) in [6.45, 7) is 3.47. The molecule has 0 saturated heterocycles. The number of fused-ring (bicyclic) bond motifs is 1. The molecule has 2 aromatic rings. The fourth-order valence-electron chi connectivity index (χ4n) is 3.16. The lowest BCUT2D eigenvalue weighted by Gasteiger charge is -2.21. The second-order valence-electron chi connectivity index (χ2n) is 6.29. The van der Waals surface area contributed by atoms with Crippen molar-refractivity contribution in [3.05, 3.63) is 65.7 Å². The van der Waals surface area contributed by atoms with Gasteiger partial charge in [-0.3, -0.25) is 4.79 Å². The number of amides is 1. The van der Waals surface area contributed by atoms with Gasteiger partial charge >= 0.3 is 0 Å². The van der Waals surface area contributed by atoms with Gasteiger partial charge in [-0.2, -0.15) is 0 Å². The van der Waals surface area contributed by atoms with Crippen molar-refractivity contribution in [2.45, 2.75) is 32.2 Å². The Morgan fingerprint density at radius 2 is 1.87 bits per heavy atom. The Hall–Kier alpha value is -2.29. The average Bonchev–Trinajstić information content (AvgIpc) is 2.97. The predicted molar refractivity (Wildman–Crippen MR) is 94.7 cm³/mol. The smallest absolute Gasteiger partial charge is 0.239 e. The van der Waals surface area contributed by atoms with Crippen LogP contribution in [0.2, 0.25) is 0 Å². The van der Waals surface area contributed by atoms with Crippen LogP contribution in [0.25, 0.3) is 0 Å². The molecule has 0 saturated carbocycles. The van der Waals surface area contributed by atoms with Crippen molar-refractivity contribution in [2.75, 3.05) is 18.0 Å². The van der Waals surface area contributed by atoms with Crippen LogP contribution < -0.4 is 10.2 Å². The van der Waals surface area contributed by atoms with E-state index >= 15 is 0 Å². The maximum Gasteiger partial charge on any atom is 0.239 e. The molecule has 3 rings (SSSR count). The summed E-state index contributed by atoms with van der Waals surface area (Å²) in [5.74, 6) is 0.113. The molecule has 120 valence electrons. The fraction of sp³-hybridized carbons (Fsp3) is 0.350. The van der Waals surface area contributed by atoms with Gasteiger partial charge in [0, 0.05) is 18.3 Å². The minimum Gasteiger partial charge on any atom is -0.362 e. The standard InChI is InChI=1S/C20H24N2O/c1-16(11-12-17-7-3-2-4-8-17)21-20(23)15-22-14-13-18-9-5-6-10-19(18)22/h2-10,16H,11-15H2,1H3,(H,21,23). The zero-order valence-electron chi connectivity index (χ0n) is 13.7. The average molecular weight is 308 g/mol. The highest BCUT2D eigenvalue weighted by molar-refractivity contribution is 5.82.